The molecule has 0 spiro atoms. The molecule has 0 fully saturated rings. The Balaban J connectivity index is 3.25. The average Bonchev–Trinajstić information content (AvgIpc) is 2.43. The predicted molar refractivity (Wildman–Crippen MR) is 79.7 cm³/mol. The van der Waals surface area contributed by atoms with E-state index in [-0.39, 0.29) is 0 Å². The van der Waals surface area contributed by atoms with Gasteiger partial charge in [0.25, 0.3) is 0 Å². The van der Waals surface area contributed by atoms with Crippen molar-refractivity contribution in [1.29, 1.82) is 5.26 Å². The minimum absolute atomic E-state index is 0.370. The standard InChI is InChI=1S/C15H30N2O3/c1-4-5-9-18-11-13-20-14-12-19-10-8-17(7-6-16)15(2)3/h15H,4-5,7-14H2,1-3H3. The van der Waals surface area contributed by atoms with Crippen LogP contribution in [0.5, 0.6) is 0 Å². The molecular formula is C15H30N2O3. The summed E-state index contributed by atoms with van der Waals surface area (Å²) in [6, 6.07) is 2.54. The lowest BCUT2D eigenvalue weighted by Gasteiger charge is -2.23. The zero-order chi connectivity index (χ0) is 15.1. The first kappa shape index (κ1) is 19.3. The Morgan fingerprint density at radius 2 is 1.50 bits per heavy atom. The third-order valence-electron chi connectivity index (χ3n) is 2.91. The molecule has 0 heterocycles. The summed E-state index contributed by atoms with van der Waals surface area (Å²) in [7, 11) is 0. The van der Waals surface area contributed by atoms with E-state index in [1.807, 2.05) is 0 Å². The molecule has 0 radical (unpaired) electrons. The zero-order valence-electron chi connectivity index (χ0n) is 13.3. The quantitative estimate of drug-likeness (QED) is 0.361. The predicted octanol–water partition coefficient (Wildman–Crippen LogP) is 2.07. The minimum Gasteiger partial charge on any atom is -0.379 e. The van der Waals surface area contributed by atoms with Crippen molar-refractivity contribution in [2.45, 2.75) is 39.7 Å². The van der Waals surface area contributed by atoms with Crippen molar-refractivity contribution in [2.75, 3.05) is 52.7 Å². The summed E-state index contributed by atoms with van der Waals surface area (Å²) in [6.45, 7) is 11.5. The Kier molecular flexibility index (Phi) is 14.2. The molecule has 0 aromatic heterocycles. The molecule has 20 heavy (non-hydrogen) atoms. The second kappa shape index (κ2) is 14.7. The van der Waals surface area contributed by atoms with E-state index in [2.05, 4.69) is 31.7 Å². The highest BCUT2D eigenvalue weighted by molar-refractivity contribution is 4.78. The molecule has 0 rings (SSSR count). The number of unbranched alkanes of at least 4 members (excludes halogenated alkanes) is 1. The summed E-state index contributed by atoms with van der Waals surface area (Å²) in [6.07, 6.45) is 2.27. The molecule has 0 N–H and O–H groups in total. The molecule has 0 bridgehead atoms. The van der Waals surface area contributed by atoms with Gasteiger partial charge in [0.2, 0.25) is 0 Å². The smallest absolute Gasteiger partial charge is 0.0868 e. The van der Waals surface area contributed by atoms with Gasteiger partial charge >= 0.3 is 0 Å². The number of hydrogen-bond acceptors (Lipinski definition) is 5. The number of nitriles is 1. The summed E-state index contributed by atoms with van der Waals surface area (Å²) < 4.78 is 16.3. The highest BCUT2D eigenvalue weighted by atomic mass is 16.5. The highest BCUT2D eigenvalue weighted by Crippen LogP contribution is 1.96. The summed E-state index contributed by atoms with van der Waals surface area (Å²) in [5.74, 6) is 0. The lowest BCUT2D eigenvalue weighted by molar-refractivity contribution is 0.00945. The van der Waals surface area contributed by atoms with Gasteiger partial charge in [0.05, 0.1) is 45.6 Å². The fraction of sp³-hybridized carbons (Fsp3) is 0.933. The lowest BCUT2D eigenvalue weighted by Crippen LogP contribution is -2.34. The third-order valence-corrected chi connectivity index (χ3v) is 2.91. The molecule has 0 saturated carbocycles. The van der Waals surface area contributed by atoms with Crippen LogP contribution < -0.4 is 0 Å². The lowest BCUT2D eigenvalue weighted by atomic mass is 10.3. The van der Waals surface area contributed by atoms with E-state index in [4.69, 9.17) is 19.5 Å². The molecular weight excluding hydrogens is 256 g/mol. The van der Waals surface area contributed by atoms with Gasteiger partial charge < -0.3 is 14.2 Å². The molecule has 0 aromatic rings. The Morgan fingerprint density at radius 3 is 2.00 bits per heavy atom. The summed E-state index contributed by atoms with van der Waals surface area (Å²) >= 11 is 0. The number of hydrogen-bond donors (Lipinski definition) is 0. The van der Waals surface area contributed by atoms with Gasteiger partial charge in [-0.3, -0.25) is 4.90 Å². The molecule has 5 heteroatoms. The number of nitrogens with zero attached hydrogens (tertiary/aromatic N) is 2. The molecule has 0 aromatic carbocycles. The maximum atomic E-state index is 8.70. The number of ether oxygens (including phenoxy) is 3. The number of rotatable bonds is 14. The maximum absolute atomic E-state index is 8.70. The topological polar surface area (TPSA) is 54.7 Å². The van der Waals surface area contributed by atoms with Gasteiger partial charge in [0, 0.05) is 19.2 Å². The van der Waals surface area contributed by atoms with Crippen molar-refractivity contribution in [2.24, 2.45) is 0 Å². The molecule has 0 unspecified atom stereocenters. The second-order valence-corrected chi connectivity index (χ2v) is 4.91. The van der Waals surface area contributed by atoms with Gasteiger partial charge in [0.1, 0.15) is 0 Å². The first-order valence-electron chi connectivity index (χ1n) is 7.56. The van der Waals surface area contributed by atoms with E-state index in [1.165, 1.54) is 0 Å². The van der Waals surface area contributed by atoms with Gasteiger partial charge in [0.15, 0.2) is 0 Å². The van der Waals surface area contributed by atoms with Gasteiger partial charge in [-0.2, -0.15) is 5.26 Å². The Morgan fingerprint density at radius 1 is 0.950 bits per heavy atom. The largest absolute Gasteiger partial charge is 0.379 e. The summed E-state index contributed by atoms with van der Waals surface area (Å²) in [4.78, 5) is 2.09. The third kappa shape index (κ3) is 12.4. The second-order valence-electron chi connectivity index (χ2n) is 4.91. The first-order chi connectivity index (χ1) is 9.72. The fourth-order valence-electron chi connectivity index (χ4n) is 1.58. The van der Waals surface area contributed by atoms with Crippen LogP contribution in [-0.2, 0) is 14.2 Å². The van der Waals surface area contributed by atoms with Crippen LogP contribution in [-0.4, -0.2) is 63.7 Å². The molecule has 0 saturated heterocycles. The monoisotopic (exact) mass is 286 g/mol. The Labute approximate surface area is 123 Å². The summed E-state index contributed by atoms with van der Waals surface area (Å²) in [5.41, 5.74) is 0. The van der Waals surface area contributed by atoms with Crippen molar-refractivity contribution in [3.63, 3.8) is 0 Å². The normalized spacial score (nSPS) is 11.2. The van der Waals surface area contributed by atoms with E-state index in [0.717, 1.165) is 26.0 Å². The van der Waals surface area contributed by atoms with E-state index in [9.17, 15) is 0 Å². The van der Waals surface area contributed by atoms with Crippen LogP contribution in [0, 0.1) is 11.3 Å². The van der Waals surface area contributed by atoms with Gasteiger partial charge in [-0.1, -0.05) is 13.3 Å². The highest BCUT2D eigenvalue weighted by Gasteiger charge is 2.07. The fourth-order valence-corrected chi connectivity index (χ4v) is 1.58. The minimum atomic E-state index is 0.370. The van der Waals surface area contributed by atoms with Crippen LogP contribution in [0.1, 0.15) is 33.6 Å². The van der Waals surface area contributed by atoms with E-state index >= 15 is 0 Å². The van der Waals surface area contributed by atoms with Crippen LogP contribution in [0.4, 0.5) is 0 Å². The van der Waals surface area contributed by atoms with E-state index in [1.54, 1.807) is 0 Å². The first-order valence-corrected chi connectivity index (χ1v) is 7.56. The maximum Gasteiger partial charge on any atom is 0.0868 e. The molecule has 0 aliphatic rings. The van der Waals surface area contributed by atoms with Crippen LogP contribution >= 0.6 is 0 Å². The average molecular weight is 286 g/mol. The SMILES string of the molecule is CCCCOCCOCCOCCN(CC#N)C(C)C. The van der Waals surface area contributed by atoms with Gasteiger partial charge in [-0.15, -0.1) is 0 Å². The molecule has 118 valence electrons. The molecule has 0 amide bonds. The molecule has 0 aliphatic heterocycles. The van der Waals surface area contributed by atoms with Gasteiger partial charge in [-0.25, -0.2) is 0 Å². The zero-order valence-corrected chi connectivity index (χ0v) is 13.3. The Bertz CT molecular complexity index is 242. The molecule has 0 atom stereocenters. The van der Waals surface area contributed by atoms with Crippen molar-refractivity contribution in [3.05, 3.63) is 0 Å². The van der Waals surface area contributed by atoms with Crippen LogP contribution in [0.2, 0.25) is 0 Å². The van der Waals surface area contributed by atoms with Crippen molar-refractivity contribution in [1.82, 2.24) is 4.90 Å². The molecule has 5 nitrogen and oxygen atoms in total. The van der Waals surface area contributed by atoms with Crippen molar-refractivity contribution < 1.29 is 14.2 Å². The Hall–Kier alpha value is -0.670. The van der Waals surface area contributed by atoms with Crippen molar-refractivity contribution in [3.8, 4) is 6.07 Å². The van der Waals surface area contributed by atoms with Crippen LogP contribution in [0.25, 0.3) is 0 Å². The van der Waals surface area contributed by atoms with Crippen molar-refractivity contribution >= 4 is 0 Å². The van der Waals surface area contributed by atoms with E-state index < -0.39 is 0 Å². The van der Waals surface area contributed by atoms with Crippen LogP contribution in [0.15, 0.2) is 0 Å². The van der Waals surface area contributed by atoms with E-state index in [0.29, 0.717) is 45.6 Å². The molecule has 0 aliphatic carbocycles. The van der Waals surface area contributed by atoms with Crippen LogP contribution in [0.3, 0.4) is 0 Å². The van der Waals surface area contributed by atoms with Gasteiger partial charge in [-0.05, 0) is 20.3 Å². The summed E-state index contributed by atoms with van der Waals surface area (Å²) in [5, 5.41) is 8.70.